The minimum atomic E-state index is -0.682. The van der Waals surface area contributed by atoms with Crippen LogP contribution in [0, 0.1) is 0 Å². The van der Waals surface area contributed by atoms with Crippen LogP contribution in [0.1, 0.15) is 12.0 Å². The summed E-state index contributed by atoms with van der Waals surface area (Å²) >= 11 is 0. The largest absolute Gasteiger partial charge is 0.426 e. The maximum Gasteiger partial charge on any atom is 0.426 e. The third-order valence-electron chi connectivity index (χ3n) is 3.53. The lowest BCUT2D eigenvalue weighted by Gasteiger charge is -2.07. The molecule has 2 aromatic rings. The Morgan fingerprint density at radius 3 is 2.65 bits per heavy atom. The van der Waals surface area contributed by atoms with Gasteiger partial charge < -0.3 is 14.4 Å². The fourth-order valence-electron chi connectivity index (χ4n) is 2.33. The number of hydrogen-bond acceptors (Lipinski definition) is 5. The van der Waals surface area contributed by atoms with Crippen LogP contribution < -0.4 is 0 Å². The summed E-state index contributed by atoms with van der Waals surface area (Å²) in [5.74, 6) is -0.593. The molecule has 124 valence electrons. The number of benzene rings is 1. The normalized spacial score (nSPS) is 11.1. The minimum absolute atomic E-state index is 0.0505. The molecule has 1 aromatic carbocycles. The van der Waals surface area contributed by atoms with E-state index < -0.39 is 12.1 Å². The van der Waals surface area contributed by atoms with Crippen LogP contribution in [0.2, 0.25) is 0 Å². The van der Waals surface area contributed by atoms with E-state index in [1.807, 2.05) is 38.4 Å². The Balaban J connectivity index is 2.22. The van der Waals surface area contributed by atoms with Crippen LogP contribution in [-0.2, 0) is 20.7 Å². The van der Waals surface area contributed by atoms with E-state index in [-0.39, 0.29) is 13.0 Å². The van der Waals surface area contributed by atoms with E-state index >= 15 is 0 Å². The van der Waals surface area contributed by atoms with Gasteiger partial charge in [-0.25, -0.2) is 4.79 Å². The molecule has 6 heteroatoms. The van der Waals surface area contributed by atoms with Crippen LogP contribution in [0.3, 0.4) is 0 Å². The van der Waals surface area contributed by atoms with Crippen LogP contribution >= 0.6 is 0 Å². The zero-order valence-corrected chi connectivity index (χ0v) is 13.7. The van der Waals surface area contributed by atoms with E-state index in [1.165, 1.54) is 11.7 Å². The van der Waals surface area contributed by atoms with Crippen molar-refractivity contribution in [1.29, 1.82) is 0 Å². The number of likely N-dealkylation sites (N-methyl/N-ethyl adjacent to an activating group) is 1. The van der Waals surface area contributed by atoms with Crippen LogP contribution in [0.4, 0.5) is 4.79 Å². The molecule has 0 aliphatic carbocycles. The summed E-state index contributed by atoms with van der Waals surface area (Å²) in [5, 5.41) is 0.996. The average molecular weight is 318 g/mol. The van der Waals surface area contributed by atoms with Gasteiger partial charge in [-0.05, 0) is 32.1 Å². The SMILES string of the molecule is COCCC(=O)OC(=O)n1cc(CCN(C)C)c2ccccc21. The number of fused-ring (bicyclic) bond motifs is 1. The Morgan fingerprint density at radius 2 is 1.96 bits per heavy atom. The highest BCUT2D eigenvalue weighted by Crippen LogP contribution is 2.22. The lowest BCUT2D eigenvalue weighted by Crippen LogP contribution is -2.18. The van der Waals surface area contributed by atoms with Crippen LogP contribution in [0.25, 0.3) is 10.9 Å². The van der Waals surface area contributed by atoms with Gasteiger partial charge in [0.2, 0.25) is 0 Å². The number of para-hydroxylation sites is 1. The zero-order chi connectivity index (χ0) is 16.8. The third-order valence-corrected chi connectivity index (χ3v) is 3.53. The molecule has 6 nitrogen and oxygen atoms in total. The summed E-state index contributed by atoms with van der Waals surface area (Å²) in [4.78, 5) is 25.9. The van der Waals surface area contributed by atoms with Gasteiger partial charge in [-0.1, -0.05) is 18.2 Å². The lowest BCUT2D eigenvalue weighted by molar-refractivity contribution is -0.138. The smallest absolute Gasteiger partial charge is 0.384 e. The molecule has 0 amide bonds. The van der Waals surface area contributed by atoms with Crippen LogP contribution in [0.15, 0.2) is 30.5 Å². The molecular formula is C17H22N2O4. The number of aromatic nitrogens is 1. The molecule has 23 heavy (non-hydrogen) atoms. The van der Waals surface area contributed by atoms with Gasteiger partial charge in [0.15, 0.2) is 0 Å². The Bertz CT molecular complexity index is 691. The van der Waals surface area contributed by atoms with Crippen molar-refractivity contribution in [3.8, 4) is 0 Å². The number of carbonyl (C=O) groups excluding carboxylic acids is 2. The molecule has 0 saturated heterocycles. The number of rotatable bonds is 6. The molecule has 0 radical (unpaired) electrons. The Hall–Kier alpha value is -2.18. The minimum Gasteiger partial charge on any atom is -0.384 e. The fraction of sp³-hybridized carbons (Fsp3) is 0.412. The third kappa shape index (κ3) is 4.40. The Morgan fingerprint density at radius 1 is 1.22 bits per heavy atom. The van der Waals surface area contributed by atoms with E-state index in [0.717, 1.165) is 29.4 Å². The van der Waals surface area contributed by atoms with Crippen molar-refractivity contribution in [2.45, 2.75) is 12.8 Å². The number of hydrogen-bond donors (Lipinski definition) is 0. The number of esters is 1. The first-order chi connectivity index (χ1) is 11.0. The van der Waals surface area contributed by atoms with Crippen molar-refractivity contribution in [3.63, 3.8) is 0 Å². The van der Waals surface area contributed by atoms with E-state index in [0.29, 0.717) is 0 Å². The van der Waals surface area contributed by atoms with Gasteiger partial charge >= 0.3 is 12.1 Å². The first kappa shape index (κ1) is 17.2. The molecule has 0 spiro atoms. The predicted octanol–water partition coefficient (Wildman–Crippen LogP) is 2.29. The van der Waals surface area contributed by atoms with Gasteiger partial charge in [-0.3, -0.25) is 9.36 Å². The van der Waals surface area contributed by atoms with Crippen LogP contribution in [-0.4, -0.2) is 55.9 Å². The fourth-order valence-corrected chi connectivity index (χ4v) is 2.33. The van der Waals surface area contributed by atoms with E-state index in [2.05, 4.69) is 4.90 Å². The second-order valence-electron chi connectivity index (χ2n) is 5.58. The quantitative estimate of drug-likeness (QED) is 0.604. The molecule has 1 heterocycles. The molecular weight excluding hydrogens is 296 g/mol. The Kier molecular flexibility index (Phi) is 5.90. The lowest BCUT2D eigenvalue weighted by atomic mass is 10.1. The monoisotopic (exact) mass is 318 g/mol. The van der Waals surface area contributed by atoms with Crippen molar-refractivity contribution in [3.05, 3.63) is 36.0 Å². The first-order valence-electron chi connectivity index (χ1n) is 7.50. The number of carbonyl (C=O) groups is 2. The summed E-state index contributed by atoms with van der Waals surface area (Å²) in [6.45, 7) is 1.10. The summed E-state index contributed by atoms with van der Waals surface area (Å²) in [6.07, 6.45) is 1.93. The molecule has 0 aliphatic rings. The van der Waals surface area contributed by atoms with E-state index in [1.54, 1.807) is 6.20 Å². The van der Waals surface area contributed by atoms with Gasteiger partial charge in [0, 0.05) is 25.2 Å². The number of methoxy groups -OCH3 is 1. The maximum atomic E-state index is 12.3. The highest BCUT2D eigenvalue weighted by atomic mass is 16.6. The highest BCUT2D eigenvalue weighted by molar-refractivity contribution is 5.95. The molecule has 0 atom stereocenters. The van der Waals surface area contributed by atoms with Crippen molar-refractivity contribution < 1.29 is 19.1 Å². The van der Waals surface area contributed by atoms with Crippen molar-refractivity contribution >= 4 is 23.0 Å². The highest BCUT2D eigenvalue weighted by Gasteiger charge is 2.17. The number of ether oxygens (including phenoxy) is 2. The predicted molar refractivity (Wildman–Crippen MR) is 87.6 cm³/mol. The maximum absolute atomic E-state index is 12.3. The van der Waals surface area contributed by atoms with Gasteiger partial charge in [0.05, 0.1) is 18.5 Å². The summed E-state index contributed by atoms with van der Waals surface area (Å²) in [7, 11) is 5.50. The Labute approximate surface area is 135 Å². The van der Waals surface area contributed by atoms with Gasteiger partial charge in [-0.2, -0.15) is 0 Å². The second kappa shape index (κ2) is 7.89. The molecule has 0 N–H and O–H groups in total. The van der Waals surface area contributed by atoms with E-state index in [9.17, 15) is 9.59 Å². The molecule has 0 saturated carbocycles. The topological polar surface area (TPSA) is 60.8 Å². The first-order valence-corrected chi connectivity index (χ1v) is 7.50. The molecule has 0 aliphatic heterocycles. The summed E-state index contributed by atoms with van der Waals surface area (Å²) in [6, 6.07) is 7.60. The summed E-state index contributed by atoms with van der Waals surface area (Å²) in [5.41, 5.74) is 1.79. The van der Waals surface area contributed by atoms with Crippen molar-refractivity contribution in [2.24, 2.45) is 0 Å². The molecule has 0 fully saturated rings. The molecule has 1 aromatic heterocycles. The zero-order valence-electron chi connectivity index (χ0n) is 13.7. The second-order valence-corrected chi connectivity index (χ2v) is 5.58. The van der Waals surface area contributed by atoms with Crippen molar-refractivity contribution in [2.75, 3.05) is 34.4 Å². The summed E-state index contributed by atoms with van der Waals surface area (Å²) < 4.78 is 11.1. The molecule has 0 bridgehead atoms. The molecule has 0 unspecified atom stereocenters. The average Bonchev–Trinajstić information content (AvgIpc) is 2.90. The van der Waals surface area contributed by atoms with Crippen LogP contribution in [0.5, 0.6) is 0 Å². The van der Waals surface area contributed by atoms with Gasteiger partial charge in [0.1, 0.15) is 0 Å². The van der Waals surface area contributed by atoms with Gasteiger partial charge in [0.25, 0.3) is 0 Å². The van der Waals surface area contributed by atoms with Crippen molar-refractivity contribution in [1.82, 2.24) is 9.47 Å². The van der Waals surface area contributed by atoms with E-state index in [4.69, 9.17) is 9.47 Å². The number of nitrogens with zero attached hydrogens (tertiary/aromatic N) is 2. The van der Waals surface area contributed by atoms with Gasteiger partial charge in [-0.15, -0.1) is 0 Å². The standard InChI is InChI=1S/C17H22N2O4/c1-18(2)10-8-13-12-19(15-7-5-4-6-14(13)15)17(21)23-16(20)9-11-22-3/h4-7,12H,8-11H2,1-3H3. The molecule has 2 rings (SSSR count).